The lowest BCUT2D eigenvalue weighted by Gasteiger charge is -2.20. The molecule has 1 amide bonds. The Hall–Kier alpha value is -2.59. The predicted molar refractivity (Wildman–Crippen MR) is 85.1 cm³/mol. The molecule has 0 aliphatic carbocycles. The summed E-state index contributed by atoms with van der Waals surface area (Å²) in [6, 6.07) is 6.95. The lowest BCUT2D eigenvalue weighted by molar-refractivity contribution is 0.00306. The molecule has 1 unspecified atom stereocenters. The number of carbonyl (C=O) groups is 2. The van der Waals surface area contributed by atoms with Gasteiger partial charge in [0.2, 0.25) is 0 Å². The van der Waals surface area contributed by atoms with Gasteiger partial charge in [-0.1, -0.05) is 6.07 Å². The first-order valence-electron chi connectivity index (χ1n) is 7.67. The molecule has 0 spiro atoms. The van der Waals surface area contributed by atoms with E-state index in [-0.39, 0.29) is 24.4 Å². The van der Waals surface area contributed by atoms with Crippen molar-refractivity contribution >= 4 is 11.9 Å². The van der Waals surface area contributed by atoms with E-state index in [1.165, 1.54) is 12.0 Å². The van der Waals surface area contributed by atoms with Crippen LogP contribution >= 0.6 is 0 Å². The molecule has 1 aliphatic heterocycles. The Morgan fingerprint density at radius 2 is 2.25 bits per heavy atom. The summed E-state index contributed by atoms with van der Waals surface area (Å²) in [5.41, 5.74) is 1.20. The Kier molecular flexibility index (Phi) is 5.77. The topological polar surface area (TPSA) is 99.9 Å². The van der Waals surface area contributed by atoms with Crippen LogP contribution in [0.2, 0.25) is 0 Å². The van der Waals surface area contributed by atoms with Gasteiger partial charge in [-0.25, -0.2) is 4.79 Å². The molecule has 1 saturated heterocycles. The molecule has 128 valence electrons. The minimum Gasteiger partial charge on any atom is -0.496 e. The van der Waals surface area contributed by atoms with E-state index >= 15 is 0 Å². The quantitative estimate of drug-likeness (QED) is 0.804. The van der Waals surface area contributed by atoms with Gasteiger partial charge in [-0.2, -0.15) is 5.26 Å². The van der Waals surface area contributed by atoms with E-state index in [2.05, 4.69) is 0 Å². The average molecular weight is 332 g/mol. The monoisotopic (exact) mass is 332 g/mol. The van der Waals surface area contributed by atoms with Crippen molar-refractivity contribution in [2.24, 2.45) is 0 Å². The fraction of sp³-hybridized carbons (Fsp3) is 0.471. The zero-order valence-electron chi connectivity index (χ0n) is 13.7. The first kappa shape index (κ1) is 17.8. The van der Waals surface area contributed by atoms with Crippen molar-refractivity contribution in [3.63, 3.8) is 0 Å². The Morgan fingerprint density at radius 1 is 1.50 bits per heavy atom. The third-order valence-electron chi connectivity index (χ3n) is 4.05. The summed E-state index contributed by atoms with van der Waals surface area (Å²) in [5.74, 6) is 0.115. The first-order chi connectivity index (χ1) is 11.5. The van der Waals surface area contributed by atoms with Crippen molar-refractivity contribution in [2.75, 3.05) is 20.2 Å². The Bertz CT molecular complexity index is 667. The van der Waals surface area contributed by atoms with Crippen molar-refractivity contribution in [1.29, 1.82) is 5.26 Å². The molecule has 2 rings (SSSR count). The number of ketones is 1. The van der Waals surface area contributed by atoms with Crippen LogP contribution in [0.3, 0.4) is 0 Å². The number of benzene rings is 1. The van der Waals surface area contributed by atoms with Crippen molar-refractivity contribution in [1.82, 2.24) is 4.90 Å². The highest BCUT2D eigenvalue weighted by atomic mass is 16.5. The Balaban J connectivity index is 2.07. The average Bonchev–Trinajstić information content (AvgIpc) is 3.03. The summed E-state index contributed by atoms with van der Waals surface area (Å²) in [7, 11) is 1.47. The fourth-order valence-electron chi connectivity index (χ4n) is 2.74. The number of Topliss-reactive ketones (excluding diaryl/α,β-unsaturated/α-hetero) is 1. The van der Waals surface area contributed by atoms with Gasteiger partial charge < -0.3 is 19.5 Å². The second-order valence-corrected chi connectivity index (χ2v) is 5.64. The number of hydrogen-bond acceptors (Lipinski definition) is 5. The van der Waals surface area contributed by atoms with Gasteiger partial charge in [0.1, 0.15) is 5.75 Å². The molecule has 0 saturated carbocycles. The van der Waals surface area contributed by atoms with Crippen LogP contribution in [0.4, 0.5) is 4.79 Å². The number of hydrogen-bond donors (Lipinski definition) is 1. The molecule has 7 heteroatoms. The zero-order chi connectivity index (χ0) is 17.7. The second-order valence-electron chi connectivity index (χ2n) is 5.64. The van der Waals surface area contributed by atoms with Crippen LogP contribution < -0.4 is 4.74 Å². The van der Waals surface area contributed by atoms with Crippen molar-refractivity contribution in [3.05, 3.63) is 29.3 Å². The van der Waals surface area contributed by atoms with Gasteiger partial charge in [0.25, 0.3) is 0 Å². The number of nitrogens with zero attached hydrogens (tertiary/aromatic N) is 2. The van der Waals surface area contributed by atoms with Crippen LogP contribution in [-0.2, 0) is 4.74 Å². The van der Waals surface area contributed by atoms with Crippen LogP contribution in [0.5, 0.6) is 5.75 Å². The molecule has 24 heavy (non-hydrogen) atoms. The maximum Gasteiger partial charge on any atom is 0.407 e. The largest absolute Gasteiger partial charge is 0.496 e. The molecular formula is C17H20N2O5. The van der Waals surface area contributed by atoms with Gasteiger partial charge in [0.05, 0.1) is 43.9 Å². The van der Waals surface area contributed by atoms with Gasteiger partial charge in [-0.3, -0.25) is 4.79 Å². The van der Waals surface area contributed by atoms with E-state index in [0.29, 0.717) is 30.8 Å². The lowest BCUT2D eigenvalue weighted by Crippen LogP contribution is -2.28. The van der Waals surface area contributed by atoms with Gasteiger partial charge >= 0.3 is 6.09 Å². The summed E-state index contributed by atoms with van der Waals surface area (Å²) < 4.78 is 11.2. The van der Waals surface area contributed by atoms with E-state index in [1.54, 1.807) is 18.2 Å². The standard InChI is InChI=1S/C17H20N2O5/c1-11(24-13-6-8-19(10-13)17(21)22)12-3-4-14(15(20)5-7-18)16(9-12)23-2/h3-4,9,11,13H,5-6,8,10H2,1-2H3,(H,21,22)/t11?,13-/m1/s1. The minimum absolute atomic E-state index is 0.151. The highest BCUT2D eigenvalue weighted by Gasteiger charge is 2.28. The number of carboxylic acid groups (broad SMARTS) is 1. The fourth-order valence-corrected chi connectivity index (χ4v) is 2.74. The molecule has 0 aromatic heterocycles. The number of carbonyl (C=O) groups excluding carboxylic acids is 1. The number of nitriles is 1. The van der Waals surface area contributed by atoms with Crippen LogP contribution in [0, 0.1) is 11.3 Å². The van der Waals surface area contributed by atoms with E-state index < -0.39 is 6.09 Å². The maximum absolute atomic E-state index is 11.9. The molecule has 2 atom stereocenters. The van der Waals surface area contributed by atoms with Crippen molar-refractivity contribution in [2.45, 2.75) is 32.0 Å². The minimum atomic E-state index is -0.934. The molecule has 1 heterocycles. The third-order valence-corrected chi connectivity index (χ3v) is 4.05. The Morgan fingerprint density at radius 3 is 2.83 bits per heavy atom. The normalized spacial score (nSPS) is 18.0. The smallest absolute Gasteiger partial charge is 0.407 e. The number of rotatable bonds is 6. The molecule has 1 aromatic rings. The Labute approximate surface area is 140 Å². The summed E-state index contributed by atoms with van der Waals surface area (Å²) in [5, 5.41) is 17.6. The third kappa shape index (κ3) is 4.03. The van der Waals surface area contributed by atoms with Gasteiger partial charge in [-0.05, 0) is 31.0 Å². The van der Waals surface area contributed by atoms with E-state index in [0.717, 1.165) is 5.56 Å². The molecule has 1 aromatic carbocycles. The number of amides is 1. The second kappa shape index (κ2) is 7.79. The lowest BCUT2D eigenvalue weighted by atomic mass is 10.0. The van der Waals surface area contributed by atoms with Gasteiger partial charge in [-0.15, -0.1) is 0 Å². The van der Waals surface area contributed by atoms with Gasteiger partial charge in [0.15, 0.2) is 5.78 Å². The van der Waals surface area contributed by atoms with Crippen molar-refractivity contribution in [3.8, 4) is 11.8 Å². The summed E-state index contributed by atoms with van der Waals surface area (Å²) in [6.07, 6.45) is -0.892. The summed E-state index contributed by atoms with van der Waals surface area (Å²) in [6.45, 7) is 2.70. The highest BCUT2D eigenvalue weighted by Crippen LogP contribution is 2.28. The zero-order valence-corrected chi connectivity index (χ0v) is 13.7. The number of ether oxygens (including phenoxy) is 2. The number of likely N-dealkylation sites (tertiary alicyclic amines) is 1. The molecule has 1 N–H and O–H groups in total. The summed E-state index contributed by atoms with van der Waals surface area (Å²) in [4.78, 5) is 24.2. The van der Waals surface area contributed by atoms with E-state index in [4.69, 9.17) is 19.8 Å². The molecule has 1 aliphatic rings. The number of methoxy groups -OCH3 is 1. The van der Waals surface area contributed by atoms with Crippen LogP contribution in [-0.4, -0.2) is 48.2 Å². The van der Waals surface area contributed by atoms with Crippen LogP contribution in [0.1, 0.15) is 41.8 Å². The van der Waals surface area contributed by atoms with Crippen molar-refractivity contribution < 1.29 is 24.2 Å². The van der Waals surface area contributed by atoms with Crippen LogP contribution in [0.25, 0.3) is 0 Å². The van der Waals surface area contributed by atoms with E-state index in [1.807, 2.05) is 13.0 Å². The predicted octanol–water partition coefficient (Wildman–Crippen LogP) is 2.62. The molecule has 0 bridgehead atoms. The molecule has 1 fully saturated rings. The summed E-state index contributed by atoms with van der Waals surface area (Å²) >= 11 is 0. The first-order valence-corrected chi connectivity index (χ1v) is 7.67. The highest BCUT2D eigenvalue weighted by molar-refractivity contribution is 5.99. The maximum atomic E-state index is 11.9. The molecule has 7 nitrogen and oxygen atoms in total. The van der Waals surface area contributed by atoms with E-state index in [9.17, 15) is 9.59 Å². The molecule has 0 radical (unpaired) electrons. The van der Waals surface area contributed by atoms with Gasteiger partial charge in [0, 0.05) is 6.54 Å². The molecular weight excluding hydrogens is 312 g/mol. The SMILES string of the molecule is COc1cc(C(C)O[C@@H]2CCN(C(=O)O)C2)ccc1C(=O)CC#N. The van der Waals surface area contributed by atoms with Crippen LogP contribution in [0.15, 0.2) is 18.2 Å².